The zero-order valence-electron chi connectivity index (χ0n) is 22.5. The molecule has 5 nitrogen and oxygen atoms in total. The number of nitrogens with one attached hydrogen (secondary N) is 2. The first-order valence-corrected chi connectivity index (χ1v) is 13.3. The fraction of sp³-hybridized carbons (Fsp3) is 0.0571. The summed E-state index contributed by atoms with van der Waals surface area (Å²) in [6, 6.07) is 43.5. The molecule has 5 heteroatoms. The molecule has 1 aromatic heterocycles. The smallest absolute Gasteiger partial charge is 0.164 e. The van der Waals surface area contributed by atoms with Gasteiger partial charge in [0.2, 0.25) is 0 Å². The van der Waals surface area contributed by atoms with Gasteiger partial charge in [0.15, 0.2) is 17.5 Å². The molecule has 2 N–H and O–H groups in total. The van der Waals surface area contributed by atoms with E-state index in [1.54, 1.807) is 0 Å². The van der Waals surface area contributed by atoms with E-state index in [2.05, 4.69) is 102 Å². The summed E-state index contributed by atoms with van der Waals surface area (Å²) in [6.07, 6.45) is 0. The molecule has 0 saturated carbocycles. The second-order valence-corrected chi connectivity index (χ2v) is 9.46. The molecule has 5 aromatic carbocycles. The van der Waals surface area contributed by atoms with Gasteiger partial charge in [0.25, 0.3) is 0 Å². The molecule has 194 valence electrons. The molecule has 0 atom stereocenters. The standard InChI is InChI=1S/C35H29N5/c1-36-30-20-21-32(37-2)31(23-30)25-16-18-27(19-17-25)34-38-33(26-12-7-4-8-13-26)39-35(40-34)29-15-9-14-28(22-29)24-10-5-3-6-11-24/h3-23,36-37H,1-2H3. The summed E-state index contributed by atoms with van der Waals surface area (Å²) in [5, 5.41) is 6.53. The molecule has 0 spiro atoms. The highest BCUT2D eigenvalue weighted by Crippen LogP contribution is 2.33. The molecule has 0 aliphatic heterocycles. The normalized spacial score (nSPS) is 10.8. The number of anilines is 2. The molecule has 40 heavy (non-hydrogen) atoms. The Bertz CT molecular complexity index is 1750. The van der Waals surface area contributed by atoms with E-state index in [0.29, 0.717) is 17.5 Å². The van der Waals surface area contributed by atoms with Crippen molar-refractivity contribution in [2.75, 3.05) is 24.7 Å². The number of hydrogen-bond donors (Lipinski definition) is 2. The summed E-state index contributed by atoms with van der Waals surface area (Å²) < 4.78 is 0. The second-order valence-electron chi connectivity index (χ2n) is 9.46. The molecule has 0 radical (unpaired) electrons. The van der Waals surface area contributed by atoms with Gasteiger partial charge in [-0.2, -0.15) is 0 Å². The lowest BCUT2D eigenvalue weighted by Gasteiger charge is -2.13. The zero-order chi connectivity index (χ0) is 27.3. The van der Waals surface area contributed by atoms with Crippen LogP contribution in [-0.2, 0) is 0 Å². The van der Waals surface area contributed by atoms with Crippen molar-refractivity contribution in [3.05, 3.63) is 127 Å². The molecule has 0 bridgehead atoms. The van der Waals surface area contributed by atoms with Gasteiger partial charge in [-0.15, -0.1) is 0 Å². The summed E-state index contributed by atoms with van der Waals surface area (Å²) in [6.45, 7) is 0. The molecule has 0 aliphatic rings. The highest BCUT2D eigenvalue weighted by molar-refractivity contribution is 5.82. The Morgan fingerprint density at radius 1 is 0.400 bits per heavy atom. The third-order valence-electron chi connectivity index (χ3n) is 6.93. The Balaban J connectivity index is 1.44. The highest BCUT2D eigenvalue weighted by atomic mass is 15.0. The van der Waals surface area contributed by atoms with Crippen molar-refractivity contribution in [3.63, 3.8) is 0 Å². The fourth-order valence-corrected chi connectivity index (χ4v) is 4.77. The van der Waals surface area contributed by atoms with Crippen molar-refractivity contribution in [3.8, 4) is 56.4 Å². The van der Waals surface area contributed by atoms with Gasteiger partial charge in [0.05, 0.1) is 0 Å². The molecular formula is C35H29N5. The van der Waals surface area contributed by atoms with Crippen LogP contribution in [0.4, 0.5) is 11.4 Å². The molecule has 6 aromatic rings. The predicted octanol–water partition coefficient (Wildman–Crippen LogP) is 8.29. The van der Waals surface area contributed by atoms with Crippen LogP contribution in [0.15, 0.2) is 127 Å². The van der Waals surface area contributed by atoms with E-state index < -0.39 is 0 Å². The van der Waals surface area contributed by atoms with Gasteiger partial charge in [0, 0.05) is 47.7 Å². The van der Waals surface area contributed by atoms with Crippen molar-refractivity contribution < 1.29 is 0 Å². The van der Waals surface area contributed by atoms with E-state index in [-0.39, 0.29) is 0 Å². The van der Waals surface area contributed by atoms with E-state index in [1.165, 1.54) is 0 Å². The molecule has 0 unspecified atom stereocenters. The minimum Gasteiger partial charge on any atom is -0.388 e. The third kappa shape index (κ3) is 5.18. The van der Waals surface area contributed by atoms with E-state index in [1.807, 2.05) is 50.5 Å². The monoisotopic (exact) mass is 519 g/mol. The topological polar surface area (TPSA) is 62.7 Å². The van der Waals surface area contributed by atoms with Gasteiger partial charge in [-0.3, -0.25) is 0 Å². The third-order valence-corrected chi connectivity index (χ3v) is 6.93. The largest absolute Gasteiger partial charge is 0.388 e. The Labute approximate surface area is 234 Å². The van der Waals surface area contributed by atoms with Gasteiger partial charge in [-0.1, -0.05) is 103 Å². The van der Waals surface area contributed by atoms with E-state index in [0.717, 1.165) is 50.3 Å². The number of benzene rings is 5. The second kappa shape index (κ2) is 11.2. The lowest BCUT2D eigenvalue weighted by molar-refractivity contribution is 1.07. The number of nitrogens with zero attached hydrogens (tertiary/aromatic N) is 3. The molecule has 0 saturated heterocycles. The van der Waals surface area contributed by atoms with Crippen molar-refractivity contribution >= 4 is 11.4 Å². The summed E-state index contributed by atoms with van der Waals surface area (Å²) in [5.41, 5.74) is 9.46. The van der Waals surface area contributed by atoms with Gasteiger partial charge in [-0.25, -0.2) is 15.0 Å². The number of aromatic nitrogens is 3. The zero-order valence-corrected chi connectivity index (χ0v) is 22.5. The average molecular weight is 520 g/mol. The Morgan fingerprint density at radius 2 is 0.925 bits per heavy atom. The minimum absolute atomic E-state index is 0.637. The molecule has 6 rings (SSSR count). The quantitative estimate of drug-likeness (QED) is 0.222. The Kier molecular flexibility index (Phi) is 7.01. The van der Waals surface area contributed by atoms with Crippen molar-refractivity contribution in [2.45, 2.75) is 0 Å². The SMILES string of the molecule is CNc1ccc(NC)c(-c2ccc(-c3nc(-c4ccccc4)nc(-c4cccc(-c5ccccc5)c4)n3)cc2)c1. The first-order chi connectivity index (χ1) is 19.7. The summed E-state index contributed by atoms with van der Waals surface area (Å²) >= 11 is 0. The lowest BCUT2D eigenvalue weighted by atomic mass is 10.0. The van der Waals surface area contributed by atoms with Crippen LogP contribution in [-0.4, -0.2) is 29.0 Å². The van der Waals surface area contributed by atoms with Crippen LogP contribution in [0.2, 0.25) is 0 Å². The molecule has 0 amide bonds. The van der Waals surface area contributed by atoms with Crippen LogP contribution in [0.5, 0.6) is 0 Å². The van der Waals surface area contributed by atoms with E-state index in [9.17, 15) is 0 Å². The van der Waals surface area contributed by atoms with Crippen LogP contribution in [0.3, 0.4) is 0 Å². The first-order valence-electron chi connectivity index (χ1n) is 13.3. The average Bonchev–Trinajstić information content (AvgIpc) is 3.05. The van der Waals surface area contributed by atoms with Crippen molar-refractivity contribution in [2.24, 2.45) is 0 Å². The molecule has 0 fully saturated rings. The predicted molar refractivity (Wildman–Crippen MR) is 166 cm³/mol. The van der Waals surface area contributed by atoms with E-state index >= 15 is 0 Å². The molecule has 1 heterocycles. The first kappa shape index (κ1) is 25.0. The van der Waals surface area contributed by atoms with E-state index in [4.69, 9.17) is 15.0 Å². The van der Waals surface area contributed by atoms with Gasteiger partial charge in [-0.05, 0) is 41.0 Å². The summed E-state index contributed by atoms with van der Waals surface area (Å²) in [7, 11) is 3.87. The molecule has 0 aliphatic carbocycles. The van der Waals surface area contributed by atoms with Crippen LogP contribution >= 0.6 is 0 Å². The van der Waals surface area contributed by atoms with Crippen LogP contribution in [0.1, 0.15) is 0 Å². The summed E-state index contributed by atoms with van der Waals surface area (Å²) in [4.78, 5) is 14.8. The van der Waals surface area contributed by atoms with Gasteiger partial charge >= 0.3 is 0 Å². The van der Waals surface area contributed by atoms with Crippen molar-refractivity contribution in [1.82, 2.24) is 15.0 Å². The maximum absolute atomic E-state index is 4.95. The lowest BCUT2D eigenvalue weighted by Crippen LogP contribution is -2.00. The van der Waals surface area contributed by atoms with Gasteiger partial charge < -0.3 is 10.6 Å². The van der Waals surface area contributed by atoms with Crippen LogP contribution < -0.4 is 10.6 Å². The highest BCUT2D eigenvalue weighted by Gasteiger charge is 2.14. The van der Waals surface area contributed by atoms with Crippen LogP contribution in [0, 0.1) is 0 Å². The number of hydrogen-bond acceptors (Lipinski definition) is 5. The fourth-order valence-electron chi connectivity index (χ4n) is 4.77. The Hall–Kier alpha value is -5.29. The maximum atomic E-state index is 4.95. The minimum atomic E-state index is 0.637. The maximum Gasteiger partial charge on any atom is 0.164 e. The Morgan fingerprint density at radius 3 is 1.55 bits per heavy atom. The molecular weight excluding hydrogens is 490 g/mol. The number of rotatable bonds is 7. The summed E-state index contributed by atoms with van der Waals surface area (Å²) in [5.74, 6) is 1.93. The van der Waals surface area contributed by atoms with Crippen molar-refractivity contribution in [1.29, 1.82) is 0 Å². The van der Waals surface area contributed by atoms with Gasteiger partial charge in [0.1, 0.15) is 0 Å². The van der Waals surface area contributed by atoms with Crippen LogP contribution in [0.25, 0.3) is 56.4 Å².